The third-order valence-corrected chi connectivity index (χ3v) is 10.6. The minimum Gasteiger partial charge on any atom is -0.494 e. The number of rotatable bonds is 20. The van der Waals surface area contributed by atoms with Crippen LogP contribution >= 0.6 is 0 Å². The molecule has 338 valence electrons. The molecule has 5 heterocycles. The Balaban J connectivity index is 1.25. The Bertz CT molecular complexity index is 2720. The van der Waals surface area contributed by atoms with Gasteiger partial charge in [0.1, 0.15) is 33.9 Å². The molecule has 0 radical (unpaired) electrons. The minimum atomic E-state index is -0.696. The van der Waals surface area contributed by atoms with Gasteiger partial charge in [0.25, 0.3) is 11.8 Å². The van der Waals surface area contributed by atoms with E-state index in [1.54, 1.807) is 47.3 Å². The molecule has 0 aliphatic carbocycles. The van der Waals surface area contributed by atoms with E-state index in [0.717, 1.165) is 32.7 Å². The summed E-state index contributed by atoms with van der Waals surface area (Å²) < 4.78 is 18.3. The molecular weight excluding hydrogens is 829 g/mol. The van der Waals surface area contributed by atoms with Crippen molar-refractivity contribution >= 4 is 57.6 Å². The van der Waals surface area contributed by atoms with Gasteiger partial charge in [-0.25, -0.2) is 9.97 Å². The second kappa shape index (κ2) is 19.9. The standard InChI is InChI=1S/C42H52N14O8/c1-25-19-31(55(50-25)14-16-57)39(61)48-41-46-29-21-27(37(43)59)23-33(63-3)35(29)53(41)10-4-5-11-54-36-30(47-42(54)49-40(62)32-20-26(2)51-56(32)15-17-58)22-28(38(44)60)24-34(36)64-18-6-9-52-12-7-45-8-13-52/h4-5,19-24,45,57-58H,6-18H2,1-3H3,(H2,43,59)(H2,44,60)(H,46,48,61)(H,47,49,62)/b5-4+. The molecule has 1 aliphatic heterocycles. The van der Waals surface area contributed by atoms with Crippen molar-refractivity contribution in [2.24, 2.45) is 11.5 Å². The van der Waals surface area contributed by atoms with Crippen LogP contribution in [-0.2, 0) is 26.2 Å². The van der Waals surface area contributed by atoms with Crippen molar-refractivity contribution in [1.82, 2.24) is 48.9 Å². The van der Waals surface area contributed by atoms with Crippen molar-refractivity contribution in [1.29, 1.82) is 0 Å². The molecule has 0 spiro atoms. The topological polar surface area (TPSA) is 290 Å². The van der Waals surface area contributed by atoms with Crippen LogP contribution < -0.4 is 36.9 Å². The van der Waals surface area contributed by atoms with Crippen molar-refractivity contribution in [3.63, 3.8) is 0 Å². The van der Waals surface area contributed by atoms with Crippen LogP contribution in [0.1, 0.15) is 59.5 Å². The largest absolute Gasteiger partial charge is 0.494 e. The number of anilines is 2. The number of aromatic nitrogens is 8. The van der Waals surface area contributed by atoms with Gasteiger partial charge in [-0.1, -0.05) is 12.2 Å². The molecule has 0 bridgehead atoms. The number of hydrogen-bond donors (Lipinski definition) is 7. The number of ether oxygens (including phenoxy) is 2. The summed E-state index contributed by atoms with van der Waals surface area (Å²) in [5.74, 6) is -1.60. The zero-order valence-electron chi connectivity index (χ0n) is 35.8. The minimum absolute atomic E-state index is 0.0928. The summed E-state index contributed by atoms with van der Waals surface area (Å²) in [6, 6.07) is 9.29. The van der Waals surface area contributed by atoms with Crippen LogP contribution in [0.15, 0.2) is 48.6 Å². The van der Waals surface area contributed by atoms with E-state index in [0.29, 0.717) is 52.2 Å². The molecule has 2 aromatic carbocycles. The molecule has 64 heavy (non-hydrogen) atoms. The fourth-order valence-corrected chi connectivity index (χ4v) is 7.64. The molecule has 0 unspecified atom stereocenters. The second-order valence-corrected chi connectivity index (χ2v) is 15.1. The lowest BCUT2D eigenvalue weighted by Crippen LogP contribution is -2.43. The Kier molecular flexibility index (Phi) is 14.0. The predicted octanol–water partition coefficient (Wildman–Crippen LogP) is 1.02. The maximum Gasteiger partial charge on any atom is 0.276 e. The maximum absolute atomic E-state index is 13.9. The Labute approximate surface area is 366 Å². The van der Waals surface area contributed by atoms with Gasteiger partial charge in [-0.3, -0.25) is 39.2 Å². The number of hydrogen-bond acceptors (Lipinski definition) is 14. The number of methoxy groups -OCH3 is 1. The normalized spacial score (nSPS) is 13.3. The number of primary amides is 2. The molecule has 6 aromatic rings. The first-order valence-electron chi connectivity index (χ1n) is 20.7. The Morgan fingerprint density at radius 2 is 1.22 bits per heavy atom. The number of imidazole rings is 2. The number of nitrogens with two attached hydrogens (primary N) is 2. The number of nitrogens with zero attached hydrogens (tertiary/aromatic N) is 9. The van der Waals surface area contributed by atoms with Crippen molar-refractivity contribution in [2.75, 3.05) is 70.3 Å². The highest BCUT2D eigenvalue weighted by Gasteiger charge is 2.24. The first-order valence-corrected chi connectivity index (χ1v) is 20.7. The van der Waals surface area contributed by atoms with Crippen molar-refractivity contribution in [2.45, 2.75) is 46.4 Å². The third kappa shape index (κ3) is 9.89. The SMILES string of the molecule is COc1cc(C(N)=O)cc2nc(NC(=O)c3cc(C)nn3CCO)n(C/C=C/Cn3c(NC(=O)c4cc(C)nn4CCO)nc4cc(C(N)=O)cc(OCCCN5CCNCC5)c43)c12. The highest BCUT2D eigenvalue weighted by Crippen LogP contribution is 2.33. The fourth-order valence-electron chi connectivity index (χ4n) is 7.64. The molecule has 1 fully saturated rings. The number of carbonyl (C=O) groups excluding carboxylic acids is 4. The molecule has 4 aromatic heterocycles. The summed E-state index contributed by atoms with van der Waals surface area (Å²) in [6.45, 7) is 8.24. The van der Waals surface area contributed by atoms with E-state index >= 15 is 0 Å². The van der Waals surface area contributed by atoms with Gasteiger partial charge in [-0.05, 0) is 56.7 Å². The summed E-state index contributed by atoms with van der Waals surface area (Å²) in [7, 11) is 1.44. The monoisotopic (exact) mass is 880 g/mol. The Hall–Kier alpha value is -7.14. The zero-order chi connectivity index (χ0) is 45.5. The number of benzene rings is 2. The summed E-state index contributed by atoms with van der Waals surface area (Å²) in [5.41, 5.74) is 14.9. The lowest BCUT2D eigenvalue weighted by molar-refractivity contribution is 0.0991. The second-order valence-electron chi connectivity index (χ2n) is 15.1. The van der Waals surface area contributed by atoms with Crippen LogP contribution in [-0.4, -0.2) is 137 Å². The lowest BCUT2D eigenvalue weighted by Gasteiger charge is -2.27. The smallest absolute Gasteiger partial charge is 0.276 e. The summed E-state index contributed by atoms with van der Waals surface area (Å²) >= 11 is 0. The van der Waals surface area contributed by atoms with Gasteiger partial charge in [0.05, 0.1) is 62.4 Å². The molecule has 22 nitrogen and oxygen atoms in total. The lowest BCUT2D eigenvalue weighted by atomic mass is 10.1. The van der Waals surface area contributed by atoms with E-state index < -0.39 is 23.6 Å². The Morgan fingerprint density at radius 3 is 1.69 bits per heavy atom. The molecule has 22 heteroatoms. The van der Waals surface area contributed by atoms with Gasteiger partial charge in [0.15, 0.2) is 0 Å². The predicted molar refractivity (Wildman–Crippen MR) is 236 cm³/mol. The number of allylic oxidation sites excluding steroid dienone is 2. The van der Waals surface area contributed by atoms with Gasteiger partial charge in [0, 0.05) is 56.9 Å². The number of carbonyl (C=O) groups is 4. The average Bonchev–Trinajstić information content (AvgIpc) is 4.03. The number of aliphatic hydroxyl groups excluding tert-OH is 2. The van der Waals surface area contributed by atoms with Crippen molar-refractivity contribution in [3.05, 3.63) is 82.5 Å². The van der Waals surface area contributed by atoms with Crippen LogP contribution in [0, 0.1) is 13.8 Å². The number of nitrogens with one attached hydrogen (secondary N) is 3. The molecule has 0 atom stereocenters. The molecule has 1 saturated heterocycles. The van der Waals surface area contributed by atoms with Crippen LogP contribution in [0.3, 0.4) is 0 Å². The summed E-state index contributed by atoms with van der Waals surface area (Å²) in [6.07, 6.45) is 4.33. The van der Waals surface area contributed by atoms with E-state index in [1.165, 1.54) is 34.7 Å². The molecule has 9 N–H and O–H groups in total. The van der Waals surface area contributed by atoms with Crippen LogP contribution in [0.4, 0.5) is 11.9 Å². The summed E-state index contributed by atoms with van der Waals surface area (Å²) in [5, 5.41) is 37.0. The fraction of sp³-hybridized carbons (Fsp3) is 0.381. The molecule has 4 amide bonds. The molecule has 1 aliphatic rings. The van der Waals surface area contributed by atoms with Gasteiger partial charge < -0.3 is 50.5 Å². The van der Waals surface area contributed by atoms with E-state index in [4.69, 9.17) is 25.9 Å². The quantitative estimate of drug-likeness (QED) is 0.0417. The number of aryl methyl sites for hydroxylation is 2. The third-order valence-electron chi connectivity index (χ3n) is 10.6. The van der Waals surface area contributed by atoms with E-state index in [9.17, 15) is 29.4 Å². The zero-order valence-corrected chi connectivity index (χ0v) is 35.8. The van der Waals surface area contributed by atoms with Gasteiger partial charge in [0.2, 0.25) is 23.7 Å². The Morgan fingerprint density at radius 1 is 0.734 bits per heavy atom. The summed E-state index contributed by atoms with van der Waals surface area (Å²) in [4.78, 5) is 64.1. The number of aliphatic hydroxyl groups is 2. The van der Waals surface area contributed by atoms with Crippen LogP contribution in [0.5, 0.6) is 11.5 Å². The van der Waals surface area contributed by atoms with Gasteiger partial charge >= 0.3 is 0 Å². The van der Waals surface area contributed by atoms with Gasteiger partial charge in [-0.2, -0.15) is 10.2 Å². The number of amides is 4. The highest BCUT2D eigenvalue weighted by molar-refractivity contribution is 6.05. The van der Waals surface area contributed by atoms with Gasteiger partial charge in [-0.15, -0.1) is 0 Å². The maximum atomic E-state index is 13.9. The highest BCUT2D eigenvalue weighted by atomic mass is 16.5. The first kappa shape index (κ1) is 44.9. The average molecular weight is 881 g/mol. The first-order chi connectivity index (χ1) is 30.9. The van der Waals surface area contributed by atoms with E-state index in [2.05, 4.69) is 36.0 Å². The molecule has 0 saturated carbocycles. The van der Waals surface area contributed by atoms with E-state index in [-0.39, 0.29) is 79.6 Å². The molecular formula is C42H52N14O8. The molecule has 7 rings (SSSR count). The van der Waals surface area contributed by atoms with E-state index in [1.807, 2.05) is 6.08 Å². The van der Waals surface area contributed by atoms with Crippen LogP contribution in [0.2, 0.25) is 0 Å². The van der Waals surface area contributed by atoms with Crippen molar-refractivity contribution < 1.29 is 38.9 Å². The number of fused-ring (bicyclic) bond motifs is 2. The van der Waals surface area contributed by atoms with Crippen LogP contribution in [0.25, 0.3) is 22.1 Å². The number of piperazine rings is 1. The van der Waals surface area contributed by atoms with Crippen molar-refractivity contribution in [3.8, 4) is 11.5 Å².